The van der Waals surface area contributed by atoms with Gasteiger partial charge in [-0.25, -0.2) is 0 Å². The van der Waals surface area contributed by atoms with Gasteiger partial charge in [0.05, 0.1) is 26.9 Å². The summed E-state index contributed by atoms with van der Waals surface area (Å²) in [4.78, 5) is 31.9. The van der Waals surface area contributed by atoms with Crippen molar-refractivity contribution in [3.63, 3.8) is 0 Å². The Kier molecular flexibility index (Phi) is 5.75. The van der Waals surface area contributed by atoms with Crippen LogP contribution in [0.2, 0.25) is 0 Å². The van der Waals surface area contributed by atoms with Crippen molar-refractivity contribution in [3.8, 4) is 5.75 Å². The Morgan fingerprint density at radius 2 is 1.63 bits per heavy atom. The van der Waals surface area contributed by atoms with Crippen LogP contribution in [0.3, 0.4) is 0 Å². The Bertz CT molecular complexity index is 921. The maximum Gasteiger partial charge on any atom is 0.324 e. The van der Waals surface area contributed by atoms with Crippen LogP contribution < -0.4 is 0 Å². The highest BCUT2D eigenvalue weighted by Gasteiger charge is 2.30. The molecule has 1 aromatic heterocycles. The monoisotopic (exact) mass is 374 g/mol. The van der Waals surface area contributed by atoms with Crippen molar-refractivity contribution in [2.75, 3.05) is 0 Å². The summed E-state index contributed by atoms with van der Waals surface area (Å²) in [5.41, 5.74) is 1.17. The Morgan fingerprint density at radius 1 is 1.04 bits per heavy atom. The number of hydrogen-bond acceptors (Lipinski definition) is 8. The molecule has 1 aromatic carbocycles. The van der Waals surface area contributed by atoms with Crippen molar-refractivity contribution < 1.29 is 19.9 Å². The van der Waals surface area contributed by atoms with Gasteiger partial charge in [0, 0.05) is 12.4 Å². The van der Waals surface area contributed by atoms with E-state index in [9.17, 15) is 30.3 Å². The van der Waals surface area contributed by atoms with Crippen LogP contribution in [-0.2, 0) is 6.42 Å². The summed E-state index contributed by atoms with van der Waals surface area (Å²) in [7, 11) is 0. The Morgan fingerprint density at radius 3 is 2.11 bits per heavy atom. The van der Waals surface area contributed by atoms with E-state index in [1.165, 1.54) is 23.1 Å². The van der Waals surface area contributed by atoms with Gasteiger partial charge in [0.25, 0.3) is 11.4 Å². The van der Waals surface area contributed by atoms with Crippen LogP contribution in [-0.4, -0.2) is 24.9 Å². The zero-order valence-electron chi connectivity index (χ0n) is 14.1. The van der Waals surface area contributed by atoms with Crippen LogP contribution in [0.1, 0.15) is 24.5 Å². The summed E-state index contributed by atoms with van der Waals surface area (Å²) in [5, 5.41) is 40.2. The highest BCUT2D eigenvalue weighted by molar-refractivity contribution is 5.67. The first-order chi connectivity index (χ1) is 12.7. The van der Waals surface area contributed by atoms with Gasteiger partial charge in [-0.1, -0.05) is 6.08 Å². The molecule has 0 fully saturated rings. The van der Waals surface area contributed by atoms with Gasteiger partial charge in [-0.3, -0.25) is 35.3 Å². The number of fused-ring (bicyclic) bond motifs is 1. The largest absolute Gasteiger partial charge is 0.497 e. The molecule has 11 nitrogen and oxygen atoms in total. The van der Waals surface area contributed by atoms with Crippen molar-refractivity contribution in [1.29, 1.82) is 0 Å². The van der Waals surface area contributed by atoms with Crippen LogP contribution in [0.15, 0.2) is 36.7 Å². The third-order valence-electron chi connectivity index (χ3n) is 3.85. The van der Waals surface area contributed by atoms with E-state index in [0.29, 0.717) is 12.1 Å². The van der Waals surface area contributed by atoms with E-state index in [2.05, 4.69) is 24.1 Å². The van der Waals surface area contributed by atoms with E-state index < -0.39 is 37.6 Å². The lowest BCUT2D eigenvalue weighted by molar-refractivity contribution is -0.404. The second kappa shape index (κ2) is 7.99. The molecular formula is C16H14N4O7. The summed E-state index contributed by atoms with van der Waals surface area (Å²) in [6, 6.07) is 2.99. The average Bonchev–Trinajstić information content (AvgIpc) is 2.62. The summed E-state index contributed by atoms with van der Waals surface area (Å²) in [6.07, 6.45) is 8.46. The molecule has 2 aromatic rings. The van der Waals surface area contributed by atoms with Gasteiger partial charge in [-0.05, 0) is 42.5 Å². The number of nitro groups is 3. The number of pyridine rings is 1. The van der Waals surface area contributed by atoms with Crippen LogP contribution in [0.5, 0.6) is 5.75 Å². The zero-order valence-corrected chi connectivity index (χ0v) is 14.1. The maximum absolute atomic E-state index is 10.4. The van der Waals surface area contributed by atoms with Gasteiger partial charge < -0.3 is 5.11 Å². The van der Waals surface area contributed by atoms with E-state index in [0.717, 1.165) is 6.42 Å². The number of allylic oxidation sites excluding steroid dienone is 2. The molecule has 1 heterocycles. The first kappa shape index (κ1) is 19.4. The number of aromatic hydroxyl groups is 1. The van der Waals surface area contributed by atoms with E-state index in [1.807, 2.05) is 12.4 Å². The molecule has 0 bridgehead atoms. The van der Waals surface area contributed by atoms with Crippen molar-refractivity contribution in [2.24, 2.45) is 0 Å². The first-order valence-electron chi connectivity index (χ1n) is 7.62. The number of aromatic nitrogens is 1. The fraction of sp³-hybridized carbons (Fsp3) is 0.188. The number of phenols is 1. The minimum atomic E-state index is -1.21. The molecule has 0 unspecified atom stereocenters. The minimum absolute atomic E-state index is 0.447. The van der Waals surface area contributed by atoms with E-state index in [1.54, 1.807) is 0 Å². The SMILES string of the molecule is CC1=CCCc2cnccc21.O=[N+]([O-])c1cc([N+](=O)[O-])c(O)c([N+](=O)[O-])c1. The van der Waals surface area contributed by atoms with Crippen LogP contribution in [0.25, 0.3) is 5.57 Å². The molecule has 0 radical (unpaired) electrons. The molecule has 1 aliphatic rings. The molecule has 140 valence electrons. The fourth-order valence-corrected chi connectivity index (χ4v) is 2.54. The van der Waals surface area contributed by atoms with Gasteiger partial charge in [0.1, 0.15) is 0 Å². The standard InChI is InChI=1S/C10H11N.C6H3N3O7/c1-8-3-2-4-9-7-11-6-5-10(8)9;10-6-4(8(13)14)1-3(7(11)12)2-5(6)9(15)16/h3,5-7H,2,4H2,1H3;1-2,10H. The van der Waals surface area contributed by atoms with Crippen LogP contribution >= 0.6 is 0 Å². The number of hydrogen-bond donors (Lipinski definition) is 1. The molecule has 0 spiro atoms. The molecule has 1 N–H and O–H groups in total. The molecule has 27 heavy (non-hydrogen) atoms. The van der Waals surface area contributed by atoms with E-state index in [-0.39, 0.29) is 0 Å². The Hall–Kier alpha value is -3.89. The third-order valence-corrected chi connectivity index (χ3v) is 3.85. The molecule has 11 heteroatoms. The average molecular weight is 374 g/mol. The summed E-state index contributed by atoms with van der Waals surface area (Å²) in [6.45, 7) is 2.16. The van der Waals surface area contributed by atoms with Crippen molar-refractivity contribution in [3.05, 3.63) is 78.1 Å². The normalized spacial score (nSPS) is 12.1. The number of phenolic OH excluding ortho intramolecular Hbond substituents is 1. The lowest BCUT2D eigenvalue weighted by Gasteiger charge is -2.13. The van der Waals surface area contributed by atoms with Crippen LogP contribution in [0, 0.1) is 30.3 Å². The van der Waals surface area contributed by atoms with Crippen molar-refractivity contribution >= 4 is 22.6 Å². The van der Waals surface area contributed by atoms with E-state index in [4.69, 9.17) is 5.11 Å². The lowest BCUT2D eigenvalue weighted by atomic mass is 9.94. The van der Waals surface area contributed by atoms with Gasteiger partial charge in [0.2, 0.25) is 0 Å². The summed E-state index contributed by atoms with van der Waals surface area (Å²) < 4.78 is 0. The van der Waals surface area contributed by atoms with Crippen LogP contribution in [0.4, 0.5) is 17.1 Å². The number of benzene rings is 1. The summed E-state index contributed by atoms with van der Waals surface area (Å²) in [5.74, 6) is -1.21. The highest BCUT2D eigenvalue weighted by atomic mass is 16.6. The predicted molar refractivity (Wildman–Crippen MR) is 94.3 cm³/mol. The smallest absolute Gasteiger partial charge is 0.324 e. The number of non-ortho nitro benzene ring substituents is 1. The zero-order chi connectivity index (χ0) is 20.1. The number of aryl methyl sites for hydroxylation is 1. The molecule has 0 atom stereocenters. The van der Waals surface area contributed by atoms with Crippen molar-refractivity contribution in [2.45, 2.75) is 19.8 Å². The molecule has 0 amide bonds. The Labute approximate surface area is 152 Å². The number of nitrogens with zero attached hydrogens (tertiary/aromatic N) is 4. The third kappa shape index (κ3) is 4.39. The molecule has 0 saturated heterocycles. The van der Waals surface area contributed by atoms with Gasteiger partial charge in [-0.2, -0.15) is 0 Å². The maximum atomic E-state index is 10.4. The number of rotatable bonds is 3. The second-order valence-corrected chi connectivity index (χ2v) is 5.56. The number of nitro benzene ring substituents is 3. The minimum Gasteiger partial charge on any atom is -0.497 e. The molecule has 0 aliphatic heterocycles. The molecule has 1 aliphatic carbocycles. The fourth-order valence-electron chi connectivity index (χ4n) is 2.54. The molecular weight excluding hydrogens is 360 g/mol. The van der Waals surface area contributed by atoms with E-state index >= 15 is 0 Å². The molecule has 0 saturated carbocycles. The van der Waals surface area contributed by atoms with Crippen molar-refractivity contribution in [1.82, 2.24) is 4.98 Å². The highest BCUT2D eigenvalue weighted by Crippen LogP contribution is 2.38. The second-order valence-electron chi connectivity index (χ2n) is 5.56. The molecule has 3 rings (SSSR count). The Balaban J connectivity index is 0.000000206. The summed E-state index contributed by atoms with van der Waals surface area (Å²) >= 11 is 0. The quantitative estimate of drug-likeness (QED) is 0.629. The van der Waals surface area contributed by atoms with Gasteiger partial charge >= 0.3 is 11.4 Å². The van der Waals surface area contributed by atoms with Gasteiger partial charge in [-0.15, -0.1) is 0 Å². The first-order valence-corrected chi connectivity index (χ1v) is 7.62. The predicted octanol–water partition coefficient (Wildman–Crippen LogP) is 3.55. The topological polar surface area (TPSA) is 163 Å². The lowest BCUT2D eigenvalue weighted by Crippen LogP contribution is -1.97. The van der Waals surface area contributed by atoms with Gasteiger partial charge in [0.15, 0.2) is 0 Å².